The highest BCUT2D eigenvalue weighted by atomic mass is 32.2. The zero-order chi connectivity index (χ0) is 23.2. The number of benzene rings is 2. The molecule has 1 amide bonds. The zero-order valence-electron chi connectivity index (χ0n) is 18.7. The van der Waals surface area contributed by atoms with Crippen LogP contribution in [0.25, 0.3) is 5.69 Å². The number of hydrogen-bond acceptors (Lipinski definition) is 5. The molecule has 5 rings (SSSR count). The van der Waals surface area contributed by atoms with E-state index in [9.17, 15) is 13.2 Å². The Labute approximate surface area is 198 Å². The fourth-order valence-corrected chi connectivity index (χ4v) is 6.87. The molecule has 2 aliphatic rings. The Morgan fingerprint density at radius 3 is 2.48 bits per heavy atom. The molecule has 33 heavy (non-hydrogen) atoms. The van der Waals surface area contributed by atoms with Crippen LogP contribution < -0.4 is 5.32 Å². The van der Waals surface area contributed by atoms with Crippen LogP contribution in [0.1, 0.15) is 45.6 Å². The summed E-state index contributed by atoms with van der Waals surface area (Å²) in [6, 6.07) is 12.2. The molecule has 0 bridgehead atoms. The molecular formula is C24H26N4O3S2. The number of thioether (sulfide) groups is 1. The smallest absolute Gasteiger partial charge is 0.256 e. The van der Waals surface area contributed by atoms with Crippen LogP contribution in [0.3, 0.4) is 0 Å². The van der Waals surface area contributed by atoms with E-state index in [2.05, 4.69) is 25.2 Å². The van der Waals surface area contributed by atoms with Gasteiger partial charge in [0.2, 0.25) is 10.0 Å². The third-order valence-electron chi connectivity index (χ3n) is 6.41. The van der Waals surface area contributed by atoms with Crippen molar-refractivity contribution < 1.29 is 13.2 Å². The lowest BCUT2D eigenvalue weighted by molar-refractivity contribution is 0.102. The largest absolute Gasteiger partial charge is 0.306 e. The maximum atomic E-state index is 13.1. The quantitative estimate of drug-likeness (QED) is 0.587. The van der Waals surface area contributed by atoms with Crippen molar-refractivity contribution in [3.63, 3.8) is 0 Å². The highest BCUT2D eigenvalue weighted by molar-refractivity contribution is 7.98. The monoisotopic (exact) mass is 482 g/mol. The number of fused-ring (bicyclic) bond motifs is 1. The molecule has 2 aromatic carbocycles. The van der Waals surface area contributed by atoms with Gasteiger partial charge in [-0.1, -0.05) is 12.1 Å². The van der Waals surface area contributed by atoms with E-state index in [1.165, 1.54) is 16.4 Å². The normalized spacial score (nSPS) is 16.2. The number of aromatic nitrogens is 2. The first kappa shape index (κ1) is 22.2. The van der Waals surface area contributed by atoms with E-state index in [-0.39, 0.29) is 10.8 Å². The van der Waals surface area contributed by atoms with Gasteiger partial charge in [0.1, 0.15) is 5.82 Å². The SMILES string of the molecule is Cc1cccc(-n2nc3c(c2NC(=O)c2ccc(S(=O)(=O)N4CCCC4)cc2)CSC3)c1C. The Balaban J connectivity index is 1.44. The van der Waals surface area contributed by atoms with E-state index < -0.39 is 10.0 Å². The molecule has 172 valence electrons. The Bertz CT molecular complexity index is 1320. The van der Waals surface area contributed by atoms with Gasteiger partial charge in [0.05, 0.1) is 16.3 Å². The van der Waals surface area contributed by atoms with E-state index >= 15 is 0 Å². The van der Waals surface area contributed by atoms with Gasteiger partial charge in [0, 0.05) is 35.7 Å². The average molecular weight is 483 g/mol. The lowest BCUT2D eigenvalue weighted by Gasteiger charge is -2.16. The molecule has 0 saturated carbocycles. The van der Waals surface area contributed by atoms with Crippen LogP contribution >= 0.6 is 11.8 Å². The van der Waals surface area contributed by atoms with Crippen molar-refractivity contribution in [2.75, 3.05) is 18.4 Å². The minimum Gasteiger partial charge on any atom is -0.306 e. The molecule has 1 aromatic heterocycles. The standard InChI is InChI=1S/C24H26N4O3S2/c1-16-6-5-7-22(17(16)2)28-23(20-14-32-15-21(20)26-28)25-24(29)18-8-10-19(11-9-18)33(30,31)27-12-3-4-13-27/h5-11H,3-4,12-15H2,1-2H3,(H,25,29). The third kappa shape index (κ3) is 3.98. The van der Waals surface area contributed by atoms with Gasteiger partial charge in [-0.3, -0.25) is 4.79 Å². The van der Waals surface area contributed by atoms with Gasteiger partial charge in [0.25, 0.3) is 5.91 Å². The Morgan fingerprint density at radius 1 is 1.03 bits per heavy atom. The molecule has 0 aliphatic carbocycles. The summed E-state index contributed by atoms with van der Waals surface area (Å²) in [5.74, 6) is 2.01. The summed E-state index contributed by atoms with van der Waals surface area (Å²) in [6.07, 6.45) is 1.77. The van der Waals surface area contributed by atoms with Crippen LogP contribution in [0.15, 0.2) is 47.4 Å². The van der Waals surface area contributed by atoms with Gasteiger partial charge in [0.15, 0.2) is 0 Å². The van der Waals surface area contributed by atoms with Crippen molar-refractivity contribution in [2.24, 2.45) is 0 Å². The molecule has 0 atom stereocenters. The number of carbonyl (C=O) groups excluding carboxylic acids is 1. The molecule has 2 aliphatic heterocycles. The summed E-state index contributed by atoms with van der Waals surface area (Å²) < 4.78 is 28.9. The van der Waals surface area contributed by atoms with Crippen molar-refractivity contribution in [2.45, 2.75) is 43.1 Å². The molecule has 0 radical (unpaired) electrons. The molecule has 1 N–H and O–H groups in total. The minimum atomic E-state index is -3.51. The lowest BCUT2D eigenvalue weighted by atomic mass is 10.1. The lowest BCUT2D eigenvalue weighted by Crippen LogP contribution is -2.27. The summed E-state index contributed by atoms with van der Waals surface area (Å²) in [7, 11) is -3.51. The van der Waals surface area contributed by atoms with Crippen molar-refractivity contribution in [3.8, 4) is 5.69 Å². The first-order valence-corrected chi connectivity index (χ1v) is 13.6. The second-order valence-electron chi connectivity index (χ2n) is 8.49. The molecule has 9 heteroatoms. The fourth-order valence-electron chi connectivity index (χ4n) is 4.32. The van der Waals surface area contributed by atoms with Gasteiger partial charge in [-0.15, -0.1) is 0 Å². The zero-order valence-corrected chi connectivity index (χ0v) is 20.3. The Hall–Kier alpha value is -2.62. The molecule has 7 nitrogen and oxygen atoms in total. The molecular weight excluding hydrogens is 456 g/mol. The average Bonchev–Trinajstić information content (AvgIpc) is 3.55. The van der Waals surface area contributed by atoms with Gasteiger partial charge in [-0.05, 0) is 68.1 Å². The first-order valence-electron chi connectivity index (χ1n) is 11.0. The summed E-state index contributed by atoms with van der Waals surface area (Å²) >= 11 is 1.78. The number of nitrogens with one attached hydrogen (secondary N) is 1. The third-order valence-corrected chi connectivity index (χ3v) is 9.29. The molecule has 1 saturated heterocycles. The van der Waals surface area contributed by atoms with Crippen molar-refractivity contribution >= 4 is 33.5 Å². The molecule has 0 spiro atoms. The topological polar surface area (TPSA) is 84.3 Å². The number of nitrogens with zero attached hydrogens (tertiary/aromatic N) is 3. The molecule has 3 aromatic rings. The highest BCUT2D eigenvalue weighted by Gasteiger charge is 2.28. The van der Waals surface area contributed by atoms with Crippen LogP contribution in [0.5, 0.6) is 0 Å². The van der Waals surface area contributed by atoms with E-state index in [0.29, 0.717) is 24.5 Å². The summed E-state index contributed by atoms with van der Waals surface area (Å²) in [5, 5.41) is 7.85. The number of aryl methyl sites for hydroxylation is 1. The number of carbonyl (C=O) groups is 1. The maximum Gasteiger partial charge on any atom is 0.256 e. The number of sulfonamides is 1. The summed E-state index contributed by atoms with van der Waals surface area (Å²) in [5.41, 5.74) is 5.65. The summed E-state index contributed by atoms with van der Waals surface area (Å²) in [6.45, 7) is 5.21. The molecule has 1 fully saturated rings. The number of anilines is 1. The molecule has 0 unspecified atom stereocenters. The maximum absolute atomic E-state index is 13.1. The van der Waals surface area contributed by atoms with Crippen molar-refractivity contribution in [1.29, 1.82) is 0 Å². The molecule has 3 heterocycles. The van der Waals surface area contributed by atoms with Crippen molar-refractivity contribution in [3.05, 3.63) is 70.4 Å². The van der Waals surface area contributed by atoms with Crippen LogP contribution in [0.2, 0.25) is 0 Å². The van der Waals surface area contributed by atoms with Crippen LogP contribution in [-0.4, -0.2) is 41.5 Å². The Kier molecular flexibility index (Phi) is 5.80. The van der Waals surface area contributed by atoms with E-state index in [0.717, 1.165) is 52.4 Å². The van der Waals surface area contributed by atoms with Crippen LogP contribution in [0.4, 0.5) is 5.82 Å². The predicted octanol–water partition coefficient (Wildman–Crippen LogP) is 4.27. The van der Waals surface area contributed by atoms with E-state index in [1.807, 2.05) is 16.8 Å². The van der Waals surface area contributed by atoms with Crippen LogP contribution in [-0.2, 0) is 21.5 Å². The second-order valence-corrected chi connectivity index (χ2v) is 11.4. The predicted molar refractivity (Wildman–Crippen MR) is 130 cm³/mol. The minimum absolute atomic E-state index is 0.221. The van der Waals surface area contributed by atoms with Gasteiger partial charge in [-0.2, -0.15) is 21.2 Å². The highest BCUT2D eigenvalue weighted by Crippen LogP contribution is 2.37. The van der Waals surface area contributed by atoms with Crippen molar-refractivity contribution in [1.82, 2.24) is 14.1 Å². The Morgan fingerprint density at radius 2 is 1.76 bits per heavy atom. The fraction of sp³-hybridized carbons (Fsp3) is 0.333. The first-order chi connectivity index (χ1) is 15.9. The van der Waals surface area contributed by atoms with E-state index in [4.69, 9.17) is 5.10 Å². The number of amides is 1. The van der Waals surface area contributed by atoms with Crippen LogP contribution in [0, 0.1) is 13.8 Å². The summed E-state index contributed by atoms with van der Waals surface area (Å²) in [4.78, 5) is 13.4. The second kappa shape index (κ2) is 8.62. The number of hydrogen-bond donors (Lipinski definition) is 1. The van der Waals surface area contributed by atoms with Gasteiger partial charge in [-0.25, -0.2) is 13.1 Å². The number of rotatable bonds is 5. The van der Waals surface area contributed by atoms with E-state index in [1.54, 1.807) is 23.9 Å². The van der Waals surface area contributed by atoms with Gasteiger partial charge < -0.3 is 5.32 Å². The van der Waals surface area contributed by atoms with Gasteiger partial charge >= 0.3 is 0 Å².